The second-order valence-corrected chi connectivity index (χ2v) is 38.6. The van der Waals surface area contributed by atoms with E-state index in [1.54, 1.807) is 33.7 Å². The van der Waals surface area contributed by atoms with Gasteiger partial charge in [-0.05, 0) is 169 Å². The number of hydrogen-bond donors (Lipinski definition) is 3. The number of ether oxygens (including phenoxy) is 3. The molecule has 0 radical (unpaired) electrons. The van der Waals surface area contributed by atoms with E-state index in [0.717, 1.165) is 105 Å². The predicted molar refractivity (Wildman–Crippen MR) is 578 cm³/mol. The summed E-state index contributed by atoms with van der Waals surface area (Å²) >= 11 is 0. The lowest BCUT2D eigenvalue weighted by molar-refractivity contribution is -0.121. The molecule has 0 unspecified atom stereocenters. The molecule has 11 nitrogen and oxygen atoms in total. The smallest absolute Gasteiger partial charge is 0.244 e. The summed E-state index contributed by atoms with van der Waals surface area (Å²) in [5, 5.41) is 19.4. The molecule has 19 aromatic carbocycles. The molecule has 0 aliphatic carbocycles. The number of primary amides is 1. The fourth-order valence-corrected chi connectivity index (χ4v) is 23.4. The summed E-state index contributed by atoms with van der Waals surface area (Å²) < 4.78 is 43.8. The number of rotatable bonds is 25. The van der Waals surface area contributed by atoms with Crippen LogP contribution >= 0.6 is 14.3 Å². The Kier molecular flexibility index (Phi) is 33.7. The zero-order valence-corrected chi connectivity index (χ0v) is 80.4. The highest BCUT2D eigenvalue weighted by Gasteiger charge is 2.46. The Morgan fingerprint density at radius 3 is 0.624 bits per heavy atom. The third-order valence-electron chi connectivity index (χ3n) is 25.0. The number of benzene rings is 19. The highest BCUT2D eigenvalue weighted by molar-refractivity contribution is 7.85. The van der Waals surface area contributed by atoms with Gasteiger partial charge in [0.15, 0.2) is 14.3 Å². The monoisotopic (exact) mass is 1880 g/mol. The largest absolute Gasteiger partial charge is 0.497 e. The van der Waals surface area contributed by atoms with Crippen molar-refractivity contribution in [1.82, 2.24) is 4.98 Å². The number of nitrogens with two attached hydrogens (primary N) is 1. The molecule has 0 spiro atoms. The van der Waals surface area contributed by atoms with Crippen LogP contribution in [0.5, 0.6) is 17.2 Å². The SMILES string of the molecule is COc1ccc(P(=O)(c2ccc(OC)cc2)c2ccc(OC)cc2)cc1.NC(=O)C(c1ccccc1)(c1ccccc1)c1ccccc1.O=C(Nc1ccccc1)C(c1ccccc1)(c1ccccc1)c1ccccc1.O=P(c1ccccc1)(c1ccccc1)c1ccccc1.OC(c1ccccc1)(c1ccccc1)c1ccncc1.c1ccc(C(c2ccccc2)(c2ccccc2)c2ccccc2)cc1. The number of hydrogen-bond acceptors (Lipinski definition) is 9. The fourth-order valence-electron chi connectivity index (χ4n) is 18.1. The molecule has 13 heteroatoms. The summed E-state index contributed by atoms with van der Waals surface area (Å²) in [5.41, 5.74) is 16.3. The van der Waals surface area contributed by atoms with Gasteiger partial charge in [0.2, 0.25) is 11.8 Å². The van der Waals surface area contributed by atoms with Gasteiger partial charge in [-0.1, -0.05) is 473 Å². The van der Waals surface area contributed by atoms with Crippen molar-refractivity contribution < 1.29 is 38.0 Å². The first kappa shape index (κ1) is 98.6. The highest BCUT2D eigenvalue weighted by atomic mass is 31.2. The average molecular weight is 1880 g/mol. The predicted octanol–water partition coefficient (Wildman–Crippen LogP) is 25.3. The molecule has 20 aromatic rings. The van der Waals surface area contributed by atoms with E-state index in [9.17, 15) is 23.8 Å². The van der Waals surface area contributed by atoms with Crippen LogP contribution in [0.1, 0.15) is 72.3 Å². The molecular weight excluding hydrogens is 1770 g/mol. The number of anilines is 1. The van der Waals surface area contributed by atoms with Crippen molar-refractivity contribution in [2.75, 3.05) is 26.6 Å². The standard InChI is InChI=1S/C26H21NO.C25H20.C21H21O4P.C20H17NO.C18H15NO.C18H15OP/c28-25(27-24-19-11-4-12-20-24)26(21-13-5-1-6-14-21,22-15-7-2-8-16-22)23-17-9-3-10-18-23;1-5-13-21(14-6-1)25(22-15-7-2-8-16-22,23-17-9-3-10-18-23)24-19-11-4-12-20-24;1-23-16-4-10-19(11-5-16)26(22,20-12-6-17(24-2)7-13-20)21-14-8-18(25-3)9-15-21;21-19(22)20(16-10-4-1-5-11-16,17-12-6-2-7-13-17)18-14-8-3-9-15-18;20-18(15-7-3-1-4-8-15,16-9-5-2-6-10-16)17-11-13-19-14-12-17;19-20(16-10-4-1-5-11-16,17-12-6-2-7-13-17)18-14-8-3-9-15-18/h1-20H,(H,27,28);1-20H;4-15H,1-3H3;1-15H,(H2,21,22);1-14,20H;1-15H. The number of pyridine rings is 1. The van der Waals surface area contributed by atoms with Gasteiger partial charge in [-0.15, -0.1) is 0 Å². The third kappa shape index (κ3) is 22.2. The summed E-state index contributed by atoms with van der Waals surface area (Å²) in [4.78, 5) is 30.6. The Hall–Kier alpha value is -16.9. The van der Waals surface area contributed by atoms with Gasteiger partial charge in [-0.3, -0.25) is 14.6 Å². The lowest BCUT2D eigenvalue weighted by Crippen LogP contribution is -2.43. The van der Waals surface area contributed by atoms with Crippen molar-refractivity contribution in [1.29, 1.82) is 0 Å². The molecule has 0 aliphatic heterocycles. The molecule has 0 atom stereocenters. The summed E-state index contributed by atoms with van der Waals surface area (Å²) in [6, 6.07) is 186. The lowest BCUT2D eigenvalue weighted by atomic mass is 9.65. The van der Waals surface area contributed by atoms with Gasteiger partial charge in [0.05, 0.1) is 26.7 Å². The molecular formula is C128H109N3O8P2. The van der Waals surface area contributed by atoms with E-state index in [1.165, 1.54) is 22.3 Å². The van der Waals surface area contributed by atoms with Crippen LogP contribution in [0, 0.1) is 0 Å². The van der Waals surface area contributed by atoms with Crippen LogP contribution < -0.4 is 57.1 Å². The number of aliphatic hydroxyl groups is 1. The number of carbonyl (C=O) groups is 2. The van der Waals surface area contributed by atoms with E-state index in [1.807, 2.05) is 449 Å². The second kappa shape index (κ2) is 48.2. The molecule has 1 aromatic heterocycles. The maximum atomic E-state index is 14.3. The minimum absolute atomic E-state index is 0.0812. The quantitative estimate of drug-likeness (QED) is 0.0373. The maximum absolute atomic E-state index is 14.3. The normalized spacial score (nSPS) is 11.1. The van der Waals surface area contributed by atoms with Crippen LogP contribution in [0.25, 0.3) is 0 Å². The van der Waals surface area contributed by atoms with Crippen molar-refractivity contribution >= 4 is 63.6 Å². The molecule has 1 heterocycles. The Morgan fingerprint density at radius 2 is 0.411 bits per heavy atom. The number of nitrogens with one attached hydrogen (secondary N) is 1. The molecule has 0 saturated carbocycles. The summed E-state index contributed by atoms with van der Waals surface area (Å²) in [6.07, 6.45) is 3.40. The Balaban J connectivity index is 0.000000128. The number of amides is 2. The van der Waals surface area contributed by atoms with Gasteiger partial charge in [-0.25, -0.2) is 0 Å². The highest BCUT2D eigenvalue weighted by Crippen LogP contribution is 2.49. The van der Waals surface area contributed by atoms with Gasteiger partial charge in [0, 0.05) is 49.9 Å². The van der Waals surface area contributed by atoms with Crippen LogP contribution in [0.15, 0.2) is 583 Å². The van der Waals surface area contributed by atoms with E-state index < -0.39 is 30.7 Å². The van der Waals surface area contributed by atoms with E-state index in [0.29, 0.717) is 0 Å². The van der Waals surface area contributed by atoms with Crippen LogP contribution in [-0.2, 0) is 40.6 Å². The Bertz CT molecular complexity index is 6600. The van der Waals surface area contributed by atoms with Gasteiger partial charge in [0.1, 0.15) is 33.7 Å². The fraction of sp³-hybridized carbons (Fsp3) is 0.0547. The van der Waals surface area contributed by atoms with Crippen molar-refractivity contribution in [3.63, 3.8) is 0 Å². The van der Waals surface area contributed by atoms with Crippen molar-refractivity contribution in [3.05, 3.63) is 655 Å². The number of aromatic nitrogens is 1. The van der Waals surface area contributed by atoms with Crippen LogP contribution in [-0.4, -0.2) is 43.2 Å². The molecule has 4 N–H and O–H groups in total. The van der Waals surface area contributed by atoms with E-state index >= 15 is 0 Å². The average Bonchev–Trinajstić information content (AvgIpc) is 0.737. The topological polar surface area (TPSA) is 167 Å². The van der Waals surface area contributed by atoms with Crippen LogP contribution in [0.2, 0.25) is 0 Å². The molecule has 694 valence electrons. The zero-order chi connectivity index (χ0) is 97.9. The first-order valence-electron chi connectivity index (χ1n) is 46.5. The van der Waals surface area contributed by atoms with E-state index in [-0.39, 0.29) is 17.2 Å². The molecule has 0 fully saturated rings. The third-order valence-corrected chi connectivity index (χ3v) is 31.1. The summed E-state index contributed by atoms with van der Waals surface area (Å²) in [5.74, 6) is 1.72. The van der Waals surface area contributed by atoms with Crippen LogP contribution in [0.3, 0.4) is 0 Å². The number of carbonyl (C=O) groups excluding carboxylic acids is 2. The molecule has 20 rings (SSSR count). The van der Waals surface area contributed by atoms with Crippen molar-refractivity contribution in [2.24, 2.45) is 5.73 Å². The van der Waals surface area contributed by atoms with Gasteiger partial charge >= 0.3 is 0 Å². The first-order chi connectivity index (χ1) is 69.2. The molecule has 141 heavy (non-hydrogen) atoms. The molecule has 2 amide bonds. The van der Waals surface area contributed by atoms with Gasteiger partial charge in [-0.2, -0.15) is 0 Å². The second-order valence-electron chi connectivity index (χ2n) is 33.1. The van der Waals surface area contributed by atoms with Gasteiger partial charge < -0.3 is 39.5 Å². The molecule has 0 bridgehead atoms. The van der Waals surface area contributed by atoms with Crippen LogP contribution in [0.4, 0.5) is 5.69 Å². The van der Waals surface area contributed by atoms with Crippen molar-refractivity contribution in [2.45, 2.75) is 21.8 Å². The Labute approximate surface area is 827 Å². The number of para-hydroxylation sites is 1. The van der Waals surface area contributed by atoms with Gasteiger partial charge in [0.25, 0.3) is 0 Å². The van der Waals surface area contributed by atoms with E-state index in [4.69, 9.17) is 19.9 Å². The van der Waals surface area contributed by atoms with E-state index in [2.05, 4.69) is 132 Å². The summed E-state index contributed by atoms with van der Waals surface area (Å²) in [7, 11) is -0.973. The minimum Gasteiger partial charge on any atom is -0.497 e. The first-order valence-corrected chi connectivity index (χ1v) is 49.9. The zero-order valence-electron chi connectivity index (χ0n) is 78.6. The minimum atomic E-state index is -3.03. The summed E-state index contributed by atoms with van der Waals surface area (Å²) in [6.45, 7) is 0. The van der Waals surface area contributed by atoms with Crippen molar-refractivity contribution in [3.8, 4) is 17.2 Å². The Morgan fingerprint density at radius 1 is 0.234 bits per heavy atom. The molecule has 0 aliphatic rings. The maximum Gasteiger partial charge on any atom is 0.244 e. The number of nitrogens with zero attached hydrogens (tertiary/aromatic N) is 1. The molecule has 0 saturated heterocycles. The lowest BCUT2D eigenvalue weighted by Gasteiger charge is -2.36. The number of methoxy groups -OCH3 is 3.